The molecule has 1 aliphatic carbocycles. The van der Waals surface area contributed by atoms with Crippen molar-refractivity contribution in [1.82, 2.24) is 24.6 Å². The van der Waals surface area contributed by atoms with Crippen LogP contribution in [-0.4, -0.2) is 56.3 Å². The Balaban J connectivity index is 1.25. The molecule has 0 radical (unpaired) electrons. The fraction of sp³-hybridized carbons (Fsp3) is 0.259. The average Bonchev–Trinajstić information content (AvgIpc) is 3.42. The van der Waals surface area contributed by atoms with Crippen molar-refractivity contribution in [2.75, 3.05) is 13.6 Å². The van der Waals surface area contributed by atoms with Gasteiger partial charge in [0.1, 0.15) is 23.6 Å². The Kier molecular flexibility index (Phi) is 5.22. The molecule has 0 atom stereocenters. The second kappa shape index (κ2) is 8.36. The molecule has 37 heavy (non-hydrogen) atoms. The maximum absolute atomic E-state index is 14.1. The summed E-state index contributed by atoms with van der Waals surface area (Å²) in [7, 11) is 1.76. The van der Waals surface area contributed by atoms with Crippen LogP contribution in [0.4, 0.5) is 8.78 Å². The van der Waals surface area contributed by atoms with Crippen molar-refractivity contribution >= 4 is 29.0 Å². The second-order valence-electron chi connectivity index (χ2n) is 9.62. The molecule has 2 amide bonds. The van der Waals surface area contributed by atoms with Crippen LogP contribution in [0.2, 0.25) is 0 Å². The lowest BCUT2D eigenvalue weighted by atomic mass is 10.0. The summed E-state index contributed by atoms with van der Waals surface area (Å²) >= 11 is 0. The highest BCUT2D eigenvalue weighted by Gasteiger charge is 2.50. The minimum absolute atomic E-state index is 0.139. The molecular weight excluding hydrogens is 480 g/mol. The first-order chi connectivity index (χ1) is 17.8. The zero-order valence-electron chi connectivity index (χ0n) is 20.0. The van der Waals surface area contributed by atoms with Gasteiger partial charge in [0.25, 0.3) is 11.8 Å². The summed E-state index contributed by atoms with van der Waals surface area (Å²) in [6, 6.07) is 10.6. The molecule has 1 fully saturated rings. The lowest BCUT2D eigenvalue weighted by Crippen LogP contribution is -2.41. The number of aromatic nitrogens is 3. The number of aromatic amines is 1. The number of carbonyl (C=O) groups is 3. The van der Waals surface area contributed by atoms with E-state index in [-0.39, 0.29) is 35.0 Å². The van der Waals surface area contributed by atoms with Crippen LogP contribution >= 0.6 is 0 Å². The van der Waals surface area contributed by atoms with Gasteiger partial charge in [0.2, 0.25) is 0 Å². The zero-order chi connectivity index (χ0) is 25.9. The summed E-state index contributed by atoms with van der Waals surface area (Å²) in [6.07, 6.45) is 3.94. The van der Waals surface area contributed by atoms with Gasteiger partial charge in [0, 0.05) is 30.6 Å². The number of nitrogens with one attached hydrogen (secondary N) is 1. The third-order valence-electron chi connectivity index (χ3n) is 7.53. The van der Waals surface area contributed by atoms with Gasteiger partial charge in [0.15, 0.2) is 0 Å². The van der Waals surface area contributed by atoms with Gasteiger partial charge >= 0.3 is 0 Å². The summed E-state index contributed by atoms with van der Waals surface area (Å²) in [4.78, 5) is 44.0. The van der Waals surface area contributed by atoms with Gasteiger partial charge in [-0.25, -0.2) is 8.78 Å². The molecule has 188 valence electrons. The molecule has 10 heteroatoms. The smallest absolute Gasteiger partial charge is 0.270 e. The van der Waals surface area contributed by atoms with Crippen molar-refractivity contribution in [3.8, 4) is 0 Å². The third-order valence-corrected chi connectivity index (χ3v) is 7.53. The Morgan fingerprint density at radius 3 is 2.57 bits per heavy atom. The molecule has 2 aromatic heterocycles. The number of rotatable bonds is 5. The van der Waals surface area contributed by atoms with Gasteiger partial charge < -0.3 is 14.8 Å². The molecule has 1 N–H and O–H groups in total. The van der Waals surface area contributed by atoms with Crippen molar-refractivity contribution in [2.24, 2.45) is 0 Å². The number of hydrogen-bond donors (Lipinski definition) is 1. The minimum Gasteiger partial charge on any atom is -0.350 e. The van der Waals surface area contributed by atoms with Crippen LogP contribution in [0, 0.1) is 11.6 Å². The molecule has 6 rings (SSSR count). The first-order valence-corrected chi connectivity index (χ1v) is 12.0. The maximum atomic E-state index is 14.1. The molecule has 0 saturated heterocycles. The highest BCUT2D eigenvalue weighted by Crippen LogP contribution is 2.51. The number of hydrogen-bond acceptors (Lipinski definition) is 4. The number of amides is 2. The highest BCUT2D eigenvalue weighted by molar-refractivity contribution is 5.99. The molecule has 0 spiro atoms. The predicted molar refractivity (Wildman–Crippen MR) is 130 cm³/mol. The Hall–Kier alpha value is -4.34. The largest absolute Gasteiger partial charge is 0.350 e. The monoisotopic (exact) mass is 503 g/mol. The first-order valence-electron chi connectivity index (χ1n) is 12.0. The zero-order valence-corrected chi connectivity index (χ0v) is 20.0. The van der Waals surface area contributed by atoms with Gasteiger partial charge in [-0.1, -0.05) is 24.3 Å². The number of fused-ring (bicyclic) bond motifs is 2. The molecule has 0 unspecified atom stereocenters. The SMILES string of the molecule is CN(C(=O)c1cnn2c1CN(C(=O)c1cc3c(F)cc(F)cc3[nH]1)CC2)C1(c2ccc(C=O)cc2)CC1. The second-order valence-corrected chi connectivity index (χ2v) is 9.62. The van der Waals surface area contributed by atoms with Gasteiger partial charge in [-0.3, -0.25) is 19.1 Å². The van der Waals surface area contributed by atoms with Crippen LogP contribution in [0.15, 0.2) is 48.7 Å². The van der Waals surface area contributed by atoms with Gasteiger partial charge in [-0.15, -0.1) is 0 Å². The summed E-state index contributed by atoms with van der Waals surface area (Å²) in [6.45, 7) is 0.913. The number of halogens is 2. The molecule has 8 nitrogen and oxygen atoms in total. The lowest BCUT2D eigenvalue weighted by molar-refractivity contribution is 0.0670. The molecule has 3 heterocycles. The number of aldehydes is 1. The van der Waals surface area contributed by atoms with E-state index in [1.807, 2.05) is 12.1 Å². The van der Waals surface area contributed by atoms with Crippen LogP contribution < -0.4 is 0 Å². The fourth-order valence-electron chi connectivity index (χ4n) is 5.23. The molecule has 0 bridgehead atoms. The van der Waals surface area contributed by atoms with Crippen molar-refractivity contribution in [3.63, 3.8) is 0 Å². The van der Waals surface area contributed by atoms with Crippen molar-refractivity contribution in [2.45, 2.75) is 31.5 Å². The van der Waals surface area contributed by atoms with E-state index in [2.05, 4.69) is 10.1 Å². The Morgan fingerprint density at radius 2 is 1.86 bits per heavy atom. The van der Waals surface area contributed by atoms with E-state index in [9.17, 15) is 23.2 Å². The van der Waals surface area contributed by atoms with Crippen LogP contribution in [0.25, 0.3) is 10.9 Å². The molecule has 4 aromatic rings. The molecular formula is C27H23F2N5O3. The molecule has 2 aliphatic rings. The van der Waals surface area contributed by atoms with E-state index in [4.69, 9.17) is 0 Å². The van der Waals surface area contributed by atoms with Crippen molar-refractivity contribution in [3.05, 3.63) is 88.4 Å². The van der Waals surface area contributed by atoms with Crippen LogP contribution in [0.1, 0.15) is 55.3 Å². The van der Waals surface area contributed by atoms with E-state index >= 15 is 0 Å². The fourth-order valence-corrected chi connectivity index (χ4v) is 5.23. The molecule has 1 aliphatic heterocycles. The van der Waals surface area contributed by atoms with Gasteiger partial charge in [0.05, 0.1) is 41.6 Å². The summed E-state index contributed by atoms with van der Waals surface area (Å²) in [5.74, 6) is -2.04. The van der Waals surface area contributed by atoms with Gasteiger partial charge in [-0.2, -0.15) is 5.10 Å². The van der Waals surface area contributed by atoms with Crippen LogP contribution in [0.5, 0.6) is 0 Å². The Morgan fingerprint density at radius 1 is 1.11 bits per heavy atom. The Labute approximate surface area is 210 Å². The molecule has 2 aromatic carbocycles. The lowest BCUT2D eigenvalue weighted by Gasteiger charge is -2.31. The van der Waals surface area contributed by atoms with Crippen molar-refractivity contribution in [1.29, 1.82) is 0 Å². The number of H-pyrrole nitrogens is 1. The van der Waals surface area contributed by atoms with E-state index in [0.717, 1.165) is 36.8 Å². The number of nitrogens with zero attached hydrogens (tertiary/aromatic N) is 4. The standard InChI is InChI=1S/C27H23F2N5O3/c1-32(27(6-7-27)17-4-2-16(15-35)3-5-17)25(36)20-13-30-34-9-8-33(14-24(20)34)26(37)23-12-19-21(29)10-18(28)11-22(19)31-23/h2-5,10-13,15,31H,6-9,14H2,1H3. The quantitative estimate of drug-likeness (QED) is 0.419. The number of benzene rings is 2. The van der Waals surface area contributed by atoms with Crippen molar-refractivity contribution < 1.29 is 23.2 Å². The normalized spacial score (nSPS) is 15.9. The Bertz CT molecular complexity index is 1570. The van der Waals surface area contributed by atoms with Crippen LogP contribution in [0.3, 0.4) is 0 Å². The minimum atomic E-state index is -0.743. The van der Waals surface area contributed by atoms with E-state index in [1.165, 1.54) is 12.3 Å². The van der Waals surface area contributed by atoms with Gasteiger partial charge in [-0.05, 0) is 30.5 Å². The first kappa shape index (κ1) is 23.1. The topological polar surface area (TPSA) is 91.3 Å². The summed E-state index contributed by atoms with van der Waals surface area (Å²) in [5.41, 5.74) is 2.49. The predicted octanol–water partition coefficient (Wildman–Crippen LogP) is 3.87. The van der Waals surface area contributed by atoms with Crippen LogP contribution in [-0.2, 0) is 18.6 Å². The third kappa shape index (κ3) is 3.71. The number of carbonyl (C=O) groups excluding carboxylic acids is 3. The summed E-state index contributed by atoms with van der Waals surface area (Å²) in [5, 5.41) is 4.51. The maximum Gasteiger partial charge on any atom is 0.270 e. The van der Waals surface area contributed by atoms with E-state index < -0.39 is 17.2 Å². The molecule has 1 saturated carbocycles. The van der Waals surface area contributed by atoms with E-state index in [1.54, 1.807) is 33.7 Å². The highest BCUT2D eigenvalue weighted by atomic mass is 19.1. The van der Waals surface area contributed by atoms with E-state index in [0.29, 0.717) is 29.9 Å². The summed E-state index contributed by atoms with van der Waals surface area (Å²) < 4.78 is 29.5. The average molecular weight is 504 g/mol.